The van der Waals surface area contributed by atoms with E-state index in [1.165, 1.54) is 6.26 Å². The first-order valence-electron chi connectivity index (χ1n) is 5.66. The zero-order chi connectivity index (χ0) is 12.4. The molecule has 3 aromatic rings. The smallest absolute Gasteiger partial charge is 0.124 e. The molecule has 0 bridgehead atoms. The Morgan fingerprint density at radius 1 is 1.11 bits per heavy atom. The van der Waals surface area contributed by atoms with Crippen LogP contribution in [0.2, 0.25) is 0 Å². The molecule has 0 saturated heterocycles. The van der Waals surface area contributed by atoms with Crippen LogP contribution < -0.4 is 0 Å². The Bertz CT molecular complexity index is 614. The van der Waals surface area contributed by atoms with Gasteiger partial charge in [0, 0.05) is 11.8 Å². The summed E-state index contributed by atoms with van der Waals surface area (Å²) in [7, 11) is 0. The molecule has 3 rings (SSSR count). The van der Waals surface area contributed by atoms with Gasteiger partial charge in [0.05, 0.1) is 23.9 Å². The molecule has 0 spiro atoms. The number of hydrogen-bond donors (Lipinski definition) is 1. The van der Waals surface area contributed by atoms with Crippen molar-refractivity contribution in [2.24, 2.45) is 0 Å². The summed E-state index contributed by atoms with van der Waals surface area (Å²) in [6, 6.07) is 13.2. The van der Waals surface area contributed by atoms with Gasteiger partial charge < -0.3 is 9.52 Å². The van der Waals surface area contributed by atoms with Gasteiger partial charge in [-0.3, -0.25) is 0 Å². The number of benzene rings is 1. The molecule has 0 aliphatic rings. The van der Waals surface area contributed by atoms with Crippen LogP contribution in [0.4, 0.5) is 0 Å². The minimum atomic E-state index is -0.744. The molecular formula is C14H12N2O2. The third-order valence-electron chi connectivity index (χ3n) is 2.81. The number of para-hydroxylation sites is 1. The van der Waals surface area contributed by atoms with E-state index in [2.05, 4.69) is 5.10 Å². The fourth-order valence-electron chi connectivity index (χ4n) is 1.91. The van der Waals surface area contributed by atoms with Gasteiger partial charge in [-0.2, -0.15) is 5.10 Å². The maximum Gasteiger partial charge on any atom is 0.124 e. The van der Waals surface area contributed by atoms with E-state index in [1.54, 1.807) is 29.3 Å². The van der Waals surface area contributed by atoms with Gasteiger partial charge in [0.2, 0.25) is 0 Å². The van der Waals surface area contributed by atoms with Crippen LogP contribution in [0.3, 0.4) is 0 Å². The van der Waals surface area contributed by atoms with Crippen LogP contribution in [0.25, 0.3) is 5.69 Å². The molecule has 1 unspecified atom stereocenters. The standard InChI is InChI=1S/C14H12N2O2/c17-14(11-7-9-18-10-11)13-6-8-15-16(13)12-4-2-1-3-5-12/h1-10,14,17H. The third kappa shape index (κ3) is 1.83. The molecule has 4 heteroatoms. The molecule has 4 nitrogen and oxygen atoms in total. The summed E-state index contributed by atoms with van der Waals surface area (Å²) < 4.78 is 6.71. The van der Waals surface area contributed by atoms with Crippen molar-refractivity contribution in [1.82, 2.24) is 9.78 Å². The number of nitrogens with zero attached hydrogens (tertiary/aromatic N) is 2. The van der Waals surface area contributed by atoms with Crippen molar-refractivity contribution in [2.75, 3.05) is 0 Å². The van der Waals surface area contributed by atoms with Crippen molar-refractivity contribution >= 4 is 0 Å². The molecular weight excluding hydrogens is 228 g/mol. The Hall–Kier alpha value is -2.33. The number of aromatic nitrogens is 2. The molecule has 0 fully saturated rings. The summed E-state index contributed by atoms with van der Waals surface area (Å²) in [5.74, 6) is 0. The highest BCUT2D eigenvalue weighted by Crippen LogP contribution is 2.23. The molecule has 18 heavy (non-hydrogen) atoms. The van der Waals surface area contributed by atoms with Crippen LogP contribution in [0, 0.1) is 0 Å². The topological polar surface area (TPSA) is 51.2 Å². The SMILES string of the molecule is OC(c1ccoc1)c1ccnn1-c1ccccc1. The average molecular weight is 240 g/mol. The molecule has 2 heterocycles. The first kappa shape index (κ1) is 10.8. The second kappa shape index (κ2) is 4.50. The van der Waals surface area contributed by atoms with Gasteiger partial charge in [-0.05, 0) is 24.3 Å². The minimum Gasteiger partial charge on any atom is -0.472 e. The minimum absolute atomic E-state index is 0.711. The highest BCUT2D eigenvalue weighted by atomic mass is 16.3. The normalized spacial score (nSPS) is 12.5. The highest BCUT2D eigenvalue weighted by molar-refractivity contribution is 5.34. The first-order chi connectivity index (χ1) is 8.86. The van der Waals surface area contributed by atoms with E-state index >= 15 is 0 Å². The monoisotopic (exact) mass is 240 g/mol. The Morgan fingerprint density at radius 2 is 1.94 bits per heavy atom. The maximum atomic E-state index is 10.3. The van der Waals surface area contributed by atoms with Gasteiger partial charge >= 0.3 is 0 Å². The Labute approximate surface area is 104 Å². The molecule has 2 aromatic heterocycles. The maximum absolute atomic E-state index is 10.3. The second-order valence-electron chi connectivity index (χ2n) is 3.96. The van der Waals surface area contributed by atoms with Crippen LogP contribution in [0.5, 0.6) is 0 Å². The van der Waals surface area contributed by atoms with E-state index in [4.69, 9.17) is 4.42 Å². The highest BCUT2D eigenvalue weighted by Gasteiger charge is 2.17. The van der Waals surface area contributed by atoms with Crippen LogP contribution in [-0.2, 0) is 0 Å². The number of aliphatic hydroxyl groups is 1. The van der Waals surface area contributed by atoms with Crippen molar-refractivity contribution < 1.29 is 9.52 Å². The number of aliphatic hydroxyl groups excluding tert-OH is 1. The van der Waals surface area contributed by atoms with Crippen molar-refractivity contribution in [3.8, 4) is 5.69 Å². The van der Waals surface area contributed by atoms with Crippen LogP contribution in [-0.4, -0.2) is 14.9 Å². The lowest BCUT2D eigenvalue weighted by atomic mass is 10.1. The zero-order valence-corrected chi connectivity index (χ0v) is 9.60. The van der Waals surface area contributed by atoms with Gasteiger partial charge in [-0.25, -0.2) is 4.68 Å². The van der Waals surface area contributed by atoms with Gasteiger partial charge in [0.25, 0.3) is 0 Å². The molecule has 0 saturated carbocycles. The molecule has 0 aliphatic heterocycles. The summed E-state index contributed by atoms with van der Waals surface area (Å²) in [5.41, 5.74) is 2.34. The lowest BCUT2D eigenvalue weighted by molar-refractivity contribution is 0.211. The van der Waals surface area contributed by atoms with Crippen LogP contribution >= 0.6 is 0 Å². The summed E-state index contributed by atoms with van der Waals surface area (Å²) >= 11 is 0. The van der Waals surface area contributed by atoms with E-state index in [1.807, 2.05) is 30.3 Å². The Balaban J connectivity index is 2.02. The molecule has 0 radical (unpaired) electrons. The number of furan rings is 1. The van der Waals surface area contributed by atoms with Crippen molar-refractivity contribution in [1.29, 1.82) is 0 Å². The van der Waals surface area contributed by atoms with Crippen molar-refractivity contribution in [3.05, 3.63) is 72.4 Å². The van der Waals surface area contributed by atoms with Gasteiger partial charge in [-0.1, -0.05) is 18.2 Å². The molecule has 90 valence electrons. The van der Waals surface area contributed by atoms with Gasteiger partial charge in [0.1, 0.15) is 6.10 Å². The molecule has 1 N–H and O–H groups in total. The van der Waals surface area contributed by atoms with E-state index in [9.17, 15) is 5.11 Å². The molecule has 1 aromatic carbocycles. The van der Waals surface area contributed by atoms with E-state index in [0.717, 1.165) is 5.69 Å². The summed E-state index contributed by atoms with van der Waals surface area (Å²) in [4.78, 5) is 0. The lowest BCUT2D eigenvalue weighted by Gasteiger charge is -2.11. The fraction of sp³-hybridized carbons (Fsp3) is 0.0714. The lowest BCUT2D eigenvalue weighted by Crippen LogP contribution is -2.07. The van der Waals surface area contributed by atoms with Crippen LogP contribution in [0.1, 0.15) is 17.4 Å². The number of rotatable bonds is 3. The first-order valence-corrected chi connectivity index (χ1v) is 5.66. The molecule has 0 amide bonds. The largest absolute Gasteiger partial charge is 0.472 e. The second-order valence-corrected chi connectivity index (χ2v) is 3.96. The summed E-state index contributed by atoms with van der Waals surface area (Å²) in [6.07, 6.45) is 4.01. The van der Waals surface area contributed by atoms with Crippen molar-refractivity contribution in [2.45, 2.75) is 6.10 Å². The zero-order valence-electron chi connectivity index (χ0n) is 9.60. The van der Waals surface area contributed by atoms with Crippen molar-refractivity contribution in [3.63, 3.8) is 0 Å². The van der Waals surface area contributed by atoms with E-state index in [0.29, 0.717) is 11.3 Å². The summed E-state index contributed by atoms with van der Waals surface area (Å²) in [6.45, 7) is 0. The van der Waals surface area contributed by atoms with Gasteiger partial charge in [0.15, 0.2) is 0 Å². The van der Waals surface area contributed by atoms with E-state index < -0.39 is 6.10 Å². The van der Waals surface area contributed by atoms with E-state index in [-0.39, 0.29) is 0 Å². The predicted octanol–water partition coefficient (Wildman–Crippen LogP) is 2.55. The predicted molar refractivity (Wildman–Crippen MR) is 66.3 cm³/mol. The third-order valence-corrected chi connectivity index (χ3v) is 2.81. The Kier molecular flexibility index (Phi) is 2.70. The Morgan fingerprint density at radius 3 is 2.67 bits per heavy atom. The fourth-order valence-corrected chi connectivity index (χ4v) is 1.91. The quantitative estimate of drug-likeness (QED) is 0.765. The number of hydrogen-bond acceptors (Lipinski definition) is 3. The molecule has 0 aliphatic carbocycles. The average Bonchev–Trinajstić information content (AvgIpc) is 3.10. The molecule has 1 atom stereocenters. The van der Waals surface area contributed by atoms with Gasteiger partial charge in [-0.15, -0.1) is 0 Å². The van der Waals surface area contributed by atoms with Crippen LogP contribution in [0.15, 0.2) is 65.6 Å². The summed E-state index contributed by atoms with van der Waals surface area (Å²) in [5, 5.41) is 14.5.